The van der Waals surface area contributed by atoms with Gasteiger partial charge in [0.15, 0.2) is 0 Å². The van der Waals surface area contributed by atoms with E-state index in [0.717, 1.165) is 29.7 Å². The highest BCUT2D eigenvalue weighted by Crippen LogP contribution is 2.32. The van der Waals surface area contributed by atoms with Crippen LogP contribution in [0.3, 0.4) is 0 Å². The molecule has 2 unspecified atom stereocenters. The molecular formula is C27H35N3O2. The lowest BCUT2D eigenvalue weighted by molar-refractivity contribution is 0.0537. The molecule has 32 heavy (non-hydrogen) atoms. The van der Waals surface area contributed by atoms with Gasteiger partial charge in [0, 0.05) is 42.7 Å². The number of aryl methyl sites for hydroxylation is 1. The number of aromatic nitrogens is 1. The molecule has 1 saturated heterocycles. The molecule has 2 heterocycles. The second-order valence-electron chi connectivity index (χ2n) is 10.3. The first-order chi connectivity index (χ1) is 15.1. The van der Waals surface area contributed by atoms with Gasteiger partial charge >= 0.3 is 6.09 Å². The van der Waals surface area contributed by atoms with Gasteiger partial charge in [-0.25, -0.2) is 9.36 Å². The van der Waals surface area contributed by atoms with Crippen LogP contribution in [0.25, 0.3) is 10.9 Å². The van der Waals surface area contributed by atoms with Crippen LogP contribution in [0.15, 0.2) is 54.6 Å². The highest BCUT2D eigenvalue weighted by Gasteiger charge is 2.36. The maximum absolute atomic E-state index is 13.1. The van der Waals surface area contributed by atoms with Crippen molar-refractivity contribution in [1.82, 2.24) is 14.4 Å². The van der Waals surface area contributed by atoms with Crippen molar-refractivity contribution < 1.29 is 9.53 Å². The number of likely N-dealkylation sites (tertiary alicyclic amines) is 1. The van der Waals surface area contributed by atoms with Gasteiger partial charge < -0.3 is 9.64 Å². The average Bonchev–Trinajstić information content (AvgIpc) is 3.29. The molecule has 0 saturated carbocycles. The fourth-order valence-corrected chi connectivity index (χ4v) is 4.74. The first-order valence-electron chi connectivity index (χ1n) is 11.4. The van der Waals surface area contributed by atoms with Crippen molar-refractivity contribution in [3.63, 3.8) is 0 Å². The molecule has 1 aliphatic heterocycles. The van der Waals surface area contributed by atoms with Crippen LogP contribution >= 0.6 is 0 Å². The molecule has 0 spiro atoms. The minimum Gasteiger partial charge on any atom is -0.443 e. The van der Waals surface area contributed by atoms with Crippen LogP contribution in [-0.4, -0.2) is 59.3 Å². The zero-order chi connectivity index (χ0) is 23.0. The number of hydrogen-bond acceptors (Lipinski definition) is 4. The smallest absolute Gasteiger partial charge is 0.419 e. The maximum atomic E-state index is 13.1. The molecule has 0 aliphatic carbocycles. The van der Waals surface area contributed by atoms with Crippen LogP contribution < -0.4 is 0 Å². The summed E-state index contributed by atoms with van der Waals surface area (Å²) in [6.07, 6.45) is -0.313. The van der Waals surface area contributed by atoms with E-state index in [-0.39, 0.29) is 6.09 Å². The third-order valence-electron chi connectivity index (χ3n) is 6.28. The zero-order valence-corrected chi connectivity index (χ0v) is 20.1. The van der Waals surface area contributed by atoms with E-state index in [1.807, 2.05) is 39.0 Å². The normalized spacial score (nSPS) is 19.7. The first-order valence-corrected chi connectivity index (χ1v) is 11.4. The van der Waals surface area contributed by atoms with E-state index in [4.69, 9.17) is 4.74 Å². The van der Waals surface area contributed by atoms with Crippen LogP contribution in [0.1, 0.15) is 43.5 Å². The molecule has 1 fully saturated rings. The second kappa shape index (κ2) is 8.72. The summed E-state index contributed by atoms with van der Waals surface area (Å²) in [5.74, 6) is 0.435. The van der Waals surface area contributed by atoms with Crippen LogP contribution in [0.5, 0.6) is 0 Å². The Morgan fingerprint density at radius 3 is 2.41 bits per heavy atom. The van der Waals surface area contributed by atoms with Gasteiger partial charge in [-0.05, 0) is 59.5 Å². The summed E-state index contributed by atoms with van der Waals surface area (Å²) in [6, 6.07) is 19.5. The van der Waals surface area contributed by atoms with Crippen molar-refractivity contribution in [3.05, 3.63) is 71.4 Å². The van der Waals surface area contributed by atoms with E-state index in [9.17, 15) is 4.79 Å². The van der Waals surface area contributed by atoms with Gasteiger partial charge in [0.05, 0.1) is 5.52 Å². The predicted octanol–water partition coefficient (Wildman–Crippen LogP) is 5.26. The molecule has 0 amide bonds. The number of likely N-dealkylation sites (N-methyl/N-ethyl adjacent to an activating group) is 1. The van der Waals surface area contributed by atoms with Crippen molar-refractivity contribution in [3.8, 4) is 0 Å². The average molecular weight is 434 g/mol. The van der Waals surface area contributed by atoms with E-state index in [1.54, 1.807) is 4.57 Å². The van der Waals surface area contributed by atoms with Gasteiger partial charge in [-0.1, -0.05) is 48.0 Å². The third-order valence-corrected chi connectivity index (χ3v) is 6.28. The number of para-hydroxylation sites is 1. The number of fused-ring (bicyclic) bond motifs is 1. The molecular weight excluding hydrogens is 398 g/mol. The molecule has 5 heteroatoms. The fraction of sp³-hybridized carbons (Fsp3) is 0.444. The largest absolute Gasteiger partial charge is 0.443 e. The Morgan fingerprint density at radius 1 is 1.06 bits per heavy atom. The van der Waals surface area contributed by atoms with Gasteiger partial charge in [-0.3, -0.25) is 4.90 Å². The van der Waals surface area contributed by atoms with Crippen molar-refractivity contribution in [2.75, 3.05) is 27.2 Å². The number of carbonyl (C=O) groups is 1. The topological polar surface area (TPSA) is 37.7 Å². The highest BCUT2D eigenvalue weighted by molar-refractivity contribution is 5.91. The Labute approximate surface area is 191 Å². The summed E-state index contributed by atoms with van der Waals surface area (Å²) in [5.41, 5.74) is 3.99. The van der Waals surface area contributed by atoms with E-state index < -0.39 is 5.60 Å². The summed E-state index contributed by atoms with van der Waals surface area (Å²) < 4.78 is 7.51. The molecule has 5 nitrogen and oxygen atoms in total. The lowest BCUT2D eigenvalue weighted by Crippen LogP contribution is -2.34. The number of carbonyl (C=O) groups excluding carboxylic acids is 1. The summed E-state index contributed by atoms with van der Waals surface area (Å²) in [4.78, 5) is 17.9. The van der Waals surface area contributed by atoms with Crippen LogP contribution in [0.4, 0.5) is 4.79 Å². The van der Waals surface area contributed by atoms with Crippen molar-refractivity contribution in [1.29, 1.82) is 0 Å². The molecule has 2 aromatic carbocycles. The van der Waals surface area contributed by atoms with Crippen molar-refractivity contribution in [2.45, 2.75) is 51.8 Å². The van der Waals surface area contributed by atoms with Crippen LogP contribution in [-0.2, 0) is 11.3 Å². The maximum Gasteiger partial charge on any atom is 0.419 e. The summed E-state index contributed by atoms with van der Waals surface area (Å²) in [6.45, 7) is 10.5. The first kappa shape index (κ1) is 22.6. The van der Waals surface area contributed by atoms with Gasteiger partial charge in [0.2, 0.25) is 0 Å². The molecule has 0 N–H and O–H groups in total. The van der Waals surface area contributed by atoms with E-state index in [2.05, 4.69) is 67.2 Å². The fourth-order valence-electron chi connectivity index (χ4n) is 4.74. The molecule has 1 aliphatic rings. The Hall–Kier alpha value is -2.63. The molecule has 0 radical (unpaired) electrons. The zero-order valence-electron chi connectivity index (χ0n) is 20.1. The van der Waals surface area contributed by atoms with Crippen molar-refractivity contribution >= 4 is 17.0 Å². The van der Waals surface area contributed by atoms with Gasteiger partial charge in [-0.15, -0.1) is 0 Å². The number of benzene rings is 2. The van der Waals surface area contributed by atoms with Crippen LogP contribution in [0.2, 0.25) is 0 Å². The lowest BCUT2D eigenvalue weighted by Gasteiger charge is -2.25. The molecule has 170 valence electrons. The number of nitrogens with zero attached hydrogens (tertiary/aromatic N) is 3. The quantitative estimate of drug-likeness (QED) is 0.562. The standard InChI is InChI=1S/C27H35N3O2/c1-19-11-13-20(14-12-19)23-17-29(18-25(23)28(5)6)16-22-15-21-9-7-8-10-24(21)30(22)26(31)32-27(2,3)4/h7-15,23,25H,16-18H2,1-6H3. The van der Waals surface area contributed by atoms with Crippen LogP contribution in [0, 0.1) is 6.92 Å². The third kappa shape index (κ3) is 4.74. The predicted molar refractivity (Wildman–Crippen MR) is 130 cm³/mol. The Morgan fingerprint density at radius 2 is 1.75 bits per heavy atom. The number of hydrogen-bond donors (Lipinski definition) is 0. The van der Waals surface area contributed by atoms with E-state index in [1.165, 1.54) is 11.1 Å². The van der Waals surface area contributed by atoms with Crippen molar-refractivity contribution in [2.24, 2.45) is 0 Å². The van der Waals surface area contributed by atoms with Gasteiger partial charge in [0.1, 0.15) is 5.60 Å². The Balaban J connectivity index is 1.63. The molecule has 2 atom stereocenters. The SMILES string of the molecule is Cc1ccc(C2CN(Cc3cc4ccccc4n3C(=O)OC(C)(C)C)CC2N(C)C)cc1. The molecule has 0 bridgehead atoms. The summed E-state index contributed by atoms with van der Waals surface area (Å²) >= 11 is 0. The number of ether oxygens (including phenoxy) is 1. The Kier molecular flexibility index (Phi) is 6.15. The minimum atomic E-state index is -0.542. The lowest BCUT2D eigenvalue weighted by atomic mass is 9.93. The van der Waals surface area contributed by atoms with Gasteiger partial charge in [-0.2, -0.15) is 0 Å². The summed E-state index contributed by atoms with van der Waals surface area (Å²) in [7, 11) is 4.32. The molecule has 3 aromatic rings. The van der Waals surface area contributed by atoms with E-state index >= 15 is 0 Å². The molecule has 4 rings (SSSR count). The monoisotopic (exact) mass is 433 g/mol. The Bertz CT molecular complexity index is 1090. The van der Waals surface area contributed by atoms with Gasteiger partial charge in [0.25, 0.3) is 0 Å². The second-order valence-corrected chi connectivity index (χ2v) is 10.3. The summed E-state index contributed by atoms with van der Waals surface area (Å²) in [5, 5.41) is 1.06. The highest BCUT2D eigenvalue weighted by atomic mass is 16.6. The number of rotatable bonds is 4. The minimum absolute atomic E-state index is 0.313. The van der Waals surface area contributed by atoms with E-state index in [0.29, 0.717) is 18.5 Å². The molecule has 1 aromatic heterocycles.